The minimum Gasteiger partial charge on any atom is -0.393 e. The molecule has 2 aromatic carbocycles. The fourth-order valence-electron chi connectivity index (χ4n) is 4.13. The van der Waals surface area contributed by atoms with E-state index < -0.39 is 0 Å². The summed E-state index contributed by atoms with van der Waals surface area (Å²) in [5.41, 5.74) is 6.07. The molecule has 0 radical (unpaired) electrons. The van der Waals surface area contributed by atoms with Gasteiger partial charge in [-0.3, -0.25) is 4.79 Å². The van der Waals surface area contributed by atoms with Crippen LogP contribution in [0.15, 0.2) is 42.5 Å². The highest BCUT2D eigenvalue weighted by atomic mass is 35.5. The second-order valence-corrected chi connectivity index (χ2v) is 8.64. The summed E-state index contributed by atoms with van der Waals surface area (Å²) in [6.07, 6.45) is 1.67. The molecule has 3 aromatic rings. The first-order chi connectivity index (χ1) is 15.4. The molecule has 0 saturated carbocycles. The fraction of sp³-hybridized carbons (Fsp3) is 0.320. The topological polar surface area (TPSA) is 82.2 Å². The molecule has 1 saturated heterocycles. The number of carbonyl (C=O) groups excluding carboxylic acids is 1. The van der Waals surface area contributed by atoms with Gasteiger partial charge < -0.3 is 10.0 Å². The van der Waals surface area contributed by atoms with Gasteiger partial charge in [-0.15, -0.1) is 0 Å². The molecule has 0 unspecified atom stereocenters. The van der Waals surface area contributed by atoms with Crippen molar-refractivity contribution in [2.75, 3.05) is 13.1 Å². The molecular formula is C25H25ClN4O2. The van der Waals surface area contributed by atoms with Crippen LogP contribution in [0.3, 0.4) is 0 Å². The average Bonchev–Trinajstić information content (AvgIpc) is 3.08. The lowest BCUT2D eigenvalue weighted by atomic mass is 10.0. The van der Waals surface area contributed by atoms with Gasteiger partial charge in [-0.2, -0.15) is 10.4 Å². The summed E-state index contributed by atoms with van der Waals surface area (Å²) in [6, 6.07) is 15.1. The van der Waals surface area contributed by atoms with Gasteiger partial charge in [0.1, 0.15) is 6.07 Å². The number of halogens is 1. The van der Waals surface area contributed by atoms with E-state index in [2.05, 4.69) is 11.2 Å². The Morgan fingerprint density at radius 2 is 1.88 bits per heavy atom. The molecular weight excluding hydrogens is 424 g/mol. The number of aryl methyl sites for hydroxylation is 1. The maximum atomic E-state index is 12.7. The maximum Gasteiger partial charge on any atom is 0.253 e. The lowest BCUT2D eigenvalue weighted by molar-refractivity contribution is 0.0546. The summed E-state index contributed by atoms with van der Waals surface area (Å²) in [6.45, 7) is 5.19. The first-order valence-corrected chi connectivity index (χ1v) is 11.1. The lowest BCUT2D eigenvalue weighted by Gasteiger charge is -2.29. The highest BCUT2D eigenvalue weighted by Gasteiger charge is 2.22. The number of piperidine rings is 1. The lowest BCUT2D eigenvalue weighted by Crippen LogP contribution is -2.40. The molecule has 0 spiro atoms. The summed E-state index contributed by atoms with van der Waals surface area (Å²) in [5, 5.41) is 23.8. The van der Waals surface area contributed by atoms with E-state index in [1.807, 2.05) is 53.8 Å². The van der Waals surface area contributed by atoms with Crippen molar-refractivity contribution in [1.82, 2.24) is 14.7 Å². The van der Waals surface area contributed by atoms with Crippen LogP contribution in [-0.4, -0.2) is 44.9 Å². The number of benzene rings is 2. The standard InChI is InChI=1S/C25H25ClN4O2/c1-16-23(17(2)30(28-16)21-8-7-20(15-27)24(26)14-21)13-18-3-5-19(6-4-18)25(32)29-11-9-22(31)10-12-29/h3-8,14,22,31H,9-13H2,1-2H3. The molecule has 164 valence electrons. The molecule has 1 aromatic heterocycles. The molecule has 7 heteroatoms. The van der Waals surface area contributed by atoms with Crippen molar-refractivity contribution in [2.45, 2.75) is 39.2 Å². The summed E-state index contributed by atoms with van der Waals surface area (Å²) in [5.74, 6) is 0.0151. The molecule has 4 rings (SSSR count). The third-order valence-corrected chi connectivity index (χ3v) is 6.41. The molecule has 1 fully saturated rings. The number of aliphatic hydroxyl groups excluding tert-OH is 1. The number of hydrogen-bond donors (Lipinski definition) is 1. The Hall–Kier alpha value is -3.14. The van der Waals surface area contributed by atoms with Crippen LogP contribution < -0.4 is 0 Å². The van der Waals surface area contributed by atoms with E-state index in [4.69, 9.17) is 16.9 Å². The Morgan fingerprint density at radius 1 is 1.19 bits per heavy atom. The molecule has 1 amide bonds. The van der Waals surface area contributed by atoms with E-state index >= 15 is 0 Å². The molecule has 6 nitrogen and oxygen atoms in total. The second kappa shape index (κ2) is 9.15. The van der Waals surface area contributed by atoms with Crippen molar-refractivity contribution in [1.29, 1.82) is 5.26 Å². The predicted octanol–water partition coefficient (Wildman–Crippen LogP) is 4.20. The van der Waals surface area contributed by atoms with E-state index in [0.29, 0.717) is 48.5 Å². The minimum absolute atomic E-state index is 0.0151. The first kappa shape index (κ1) is 22.1. The Morgan fingerprint density at radius 3 is 2.50 bits per heavy atom. The predicted molar refractivity (Wildman–Crippen MR) is 123 cm³/mol. The van der Waals surface area contributed by atoms with Crippen LogP contribution in [0.5, 0.6) is 0 Å². The van der Waals surface area contributed by atoms with Crippen molar-refractivity contribution in [3.8, 4) is 11.8 Å². The van der Waals surface area contributed by atoms with Crippen molar-refractivity contribution < 1.29 is 9.90 Å². The van der Waals surface area contributed by atoms with E-state index in [-0.39, 0.29) is 12.0 Å². The summed E-state index contributed by atoms with van der Waals surface area (Å²) in [7, 11) is 0. The Kier molecular flexibility index (Phi) is 6.31. The van der Waals surface area contributed by atoms with E-state index in [9.17, 15) is 9.90 Å². The first-order valence-electron chi connectivity index (χ1n) is 10.7. The van der Waals surface area contributed by atoms with Gasteiger partial charge in [0, 0.05) is 36.3 Å². The van der Waals surface area contributed by atoms with Gasteiger partial charge in [0.05, 0.1) is 28.1 Å². The van der Waals surface area contributed by atoms with Gasteiger partial charge in [-0.1, -0.05) is 23.7 Å². The molecule has 32 heavy (non-hydrogen) atoms. The van der Waals surface area contributed by atoms with E-state index in [1.165, 1.54) is 0 Å². The van der Waals surface area contributed by atoms with Crippen molar-refractivity contribution in [3.63, 3.8) is 0 Å². The third-order valence-electron chi connectivity index (χ3n) is 6.09. The number of nitriles is 1. The van der Waals surface area contributed by atoms with Gasteiger partial charge >= 0.3 is 0 Å². The number of nitrogens with zero attached hydrogens (tertiary/aromatic N) is 4. The largest absolute Gasteiger partial charge is 0.393 e. The normalized spacial score (nSPS) is 14.4. The van der Waals surface area contributed by atoms with Gasteiger partial charge in [-0.05, 0) is 62.6 Å². The Balaban J connectivity index is 1.52. The zero-order valence-corrected chi connectivity index (χ0v) is 18.9. The number of aliphatic hydroxyl groups is 1. The number of carbonyl (C=O) groups is 1. The van der Waals surface area contributed by atoms with Gasteiger partial charge in [0.15, 0.2) is 0 Å². The van der Waals surface area contributed by atoms with Crippen LogP contribution >= 0.6 is 11.6 Å². The third kappa shape index (κ3) is 4.40. The van der Waals surface area contributed by atoms with E-state index in [0.717, 1.165) is 28.2 Å². The molecule has 2 heterocycles. The second-order valence-electron chi connectivity index (χ2n) is 8.23. The number of rotatable bonds is 4. The molecule has 1 aliphatic heterocycles. The fourth-order valence-corrected chi connectivity index (χ4v) is 4.35. The average molecular weight is 449 g/mol. The zero-order chi connectivity index (χ0) is 22.8. The van der Waals surface area contributed by atoms with Gasteiger partial charge in [-0.25, -0.2) is 4.68 Å². The number of hydrogen-bond acceptors (Lipinski definition) is 4. The van der Waals surface area contributed by atoms with Gasteiger partial charge in [0.2, 0.25) is 0 Å². The Labute approximate surface area is 192 Å². The molecule has 0 atom stereocenters. The molecule has 1 aliphatic rings. The van der Waals surface area contributed by atoms with Crippen LogP contribution in [-0.2, 0) is 6.42 Å². The molecule has 0 bridgehead atoms. The van der Waals surface area contributed by atoms with E-state index in [1.54, 1.807) is 12.1 Å². The monoisotopic (exact) mass is 448 g/mol. The quantitative estimate of drug-likeness (QED) is 0.648. The Bertz CT molecular complexity index is 1190. The molecule has 1 N–H and O–H groups in total. The van der Waals surface area contributed by atoms with Crippen molar-refractivity contribution in [2.24, 2.45) is 0 Å². The van der Waals surface area contributed by atoms with Crippen LogP contribution in [0.4, 0.5) is 0 Å². The number of amides is 1. The van der Waals surface area contributed by atoms with Crippen molar-refractivity contribution in [3.05, 3.63) is 81.1 Å². The highest BCUT2D eigenvalue weighted by molar-refractivity contribution is 6.31. The zero-order valence-electron chi connectivity index (χ0n) is 18.2. The number of aromatic nitrogens is 2. The SMILES string of the molecule is Cc1nn(-c2ccc(C#N)c(Cl)c2)c(C)c1Cc1ccc(C(=O)N2CCC(O)CC2)cc1. The van der Waals surface area contributed by atoms with Crippen LogP contribution in [0.25, 0.3) is 5.69 Å². The minimum atomic E-state index is -0.297. The smallest absolute Gasteiger partial charge is 0.253 e. The summed E-state index contributed by atoms with van der Waals surface area (Å²) >= 11 is 6.20. The molecule has 0 aliphatic carbocycles. The maximum absolute atomic E-state index is 12.7. The van der Waals surface area contributed by atoms with Gasteiger partial charge in [0.25, 0.3) is 5.91 Å². The van der Waals surface area contributed by atoms with Crippen LogP contribution in [0.2, 0.25) is 5.02 Å². The highest BCUT2D eigenvalue weighted by Crippen LogP contribution is 2.25. The van der Waals surface area contributed by atoms with Crippen molar-refractivity contribution >= 4 is 17.5 Å². The summed E-state index contributed by atoms with van der Waals surface area (Å²) < 4.78 is 1.85. The van der Waals surface area contributed by atoms with Crippen LogP contribution in [0.1, 0.15) is 51.3 Å². The van der Waals surface area contributed by atoms with Crippen LogP contribution in [0, 0.1) is 25.2 Å². The number of likely N-dealkylation sites (tertiary alicyclic amines) is 1. The summed E-state index contributed by atoms with van der Waals surface area (Å²) in [4.78, 5) is 14.5.